The summed E-state index contributed by atoms with van der Waals surface area (Å²) in [4.78, 5) is 23.8. The van der Waals surface area contributed by atoms with Crippen LogP contribution < -0.4 is 10.6 Å². The Kier molecular flexibility index (Phi) is 5.16. The Labute approximate surface area is 161 Å². The van der Waals surface area contributed by atoms with Gasteiger partial charge in [0.05, 0.1) is 17.2 Å². The van der Waals surface area contributed by atoms with Gasteiger partial charge in [-0.05, 0) is 55.0 Å². The van der Waals surface area contributed by atoms with E-state index in [1.807, 2.05) is 49.4 Å². The lowest BCUT2D eigenvalue weighted by atomic mass is 9.93. The van der Waals surface area contributed by atoms with Crippen molar-refractivity contribution < 1.29 is 14.7 Å². The summed E-state index contributed by atoms with van der Waals surface area (Å²) in [6, 6.07) is 13.1. The molecule has 1 aliphatic rings. The molecule has 5 nitrogen and oxygen atoms in total. The quantitative estimate of drug-likeness (QED) is 0.684. The fraction of sp³-hybridized carbons (Fsp3) is 0.263. The molecule has 0 saturated heterocycles. The molecule has 0 spiro atoms. The van der Waals surface area contributed by atoms with E-state index in [4.69, 9.17) is 11.6 Å². The molecule has 0 aliphatic carbocycles. The summed E-state index contributed by atoms with van der Waals surface area (Å²) in [5.74, 6) is -1.01. The van der Waals surface area contributed by atoms with Gasteiger partial charge in [-0.3, -0.25) is 9.59 Å². The van der Waals surface area contributed by atoms with Crippen LogP contribution in [0.4, 0.5) is 11.4 Å². The number of carboxylic acids is 1. The summed E-state index contributed by atoms with van der Waals surface area (Å²) in [6.45, 7) is 3.37. The maximum atomic E-state index is 11.4. The van der Waals surface area contributed by atoms with Gasteiger partial charge < -0.3 is 15.7 Å². The van der Waals surface area contributed by atoms with Crippen molar-refractivity contribution in [2.24, 2.45) is 0 Å². The largest absolute Gasteiger partial charge is 0.481 e. The fourth-order valence-corrected chi connectivity index (χ4v) is 4.60. The molecule has 0 bridgehead atoms. The number of hydrogen-bond donors (Lipinski definition) is 3. The number of amides is 1. The number of carbonyl (C=O) groups excluding carboxylic acids is 1. The Hall–Kier alpha value is -2.18. The highest BCUT2D eigenvalue weighted by Crippen LogP contribution is 2.53. The normalized spacial score (nSPS) is 21.0. The smallest absolute Gasteiger partial charge is 0.305 e. The third-order valence-electron chi connectivity index (χ3n) is 4.24. The van der Waals surface area contributed by atoms with Gasteiger partial charge in [0, 0.05) is 28.2 Å². The maximum Gasteiger partial charge on any atom is 0.305 e. The van der Waals surface area contributed by atoms with E-state index in [9.17, 15) is 14.7 Å². The van der Waals surface area contributed by atoms with Crippen LogP contribution in [0.15, 0.2) is 47.4 Å². The molecule has 0 aromatic heterocycles. The van der Waals surface area contributed by atoms with Crippen molar-refractivity contribution in [3.63, 3.8) is 0 Å². The second kappa shape index (κ2) is 7.21. The van der Waals surface area contributed by atoms with E-state index >= 15 is 0 Å². The van der Waals surface area contributed by atoms with Crippen molar-refractivity contribution in [2.45, 2.75) is 36.0 Å². The number of nitrogens with one attached hydrogen (secondary N) is 2. The van der Waals surface area contributed by atoms with Gasteiger partial charge in [0.1, 0.15) is 0 Å². The van der Waals surface area contributed by atoms with E-state index in [0.29, 0.717) is 10.7 Å². The van der Waals surface area contributed by atoms with E-state index in [-0.39, 0.29) is 17.6 Å². The van der Waals surface area contributed by atoms with Crippen molar-refractivity contribution in [1.29, 1.82) is 0 Å². The molecule has 26 heavy (non-hydrogen) atoms. The van der Waals surface area contributed by atoms with Crippen molar-refractivity contribution in [2.75, 3.05) is 10.6 Å². The van der Waals surface area contributed by atoms with Crippen LogP contribution in [0.2, 0.25) is 5.02 Å². The Morgan fingerprint density at radius 2 is 1.96 bits per heavy atom. The molecule has 0 fully saturated rings. The standard InChI is InChI=1S/C19H19ClN2O3S/c1-11(23)21-13-5-8-16-15(9-13)18(19(2,22-16)10-17(24)25)26-14-6-3-12(20)4-7-14/h3-9,18,22H,10H2,1-2H3,(H,21,23)(H,24,25). The number of rotatable bonds is 5. The number of carboxylic acid groups (broad SMARTS) is 1. The Morgan fingerprint density at radius 1 is 1.27 bits per heavy atom. The van der Waals surface area contributed by atoms with Crippen LogP contribution in [-0.2, 0) is 9.59 Å². The first-order valence-corrected chi connectivity index (χ1v) is 9.36. The number of anilines is 2. The van der Waals surface area contributed by atoms with Crippen LogP contribution in [-0.4, -0.2) is 22.5 Å². The van der Waals surface area contributed by atoms with Gasteiger partial charge >= 0.3 is 5.97 Å². The lowest BCUT2D eigenvalue weighted by Crippen LogP contribution is -2.37. The Morgan fingerprint density at radius 3 is 2.58 bits per heavy atom. The molecule has 2 aromatic carbocycles. The first-order chi connectivity index (χ1) is 12.3. The number of thioether (sulfide) groups is 1. The molecular formula is C19H19ClN2O3S. The highest BCUT2D eigenvalue weighted by molar-refractivity contribution is 7.99. The SMILES string of the molecule is CC(=O)Nc1ccc2c(c1)C(Sc1ccc(Cl)cc1)C(C)(CC(=O)O)N2. The number of fused-ring (bicyclic) bond motifs is 1. The molecule has 1 heterocycles. The van der Waals surface area contributed by atoms with Crippen LogP contribution in [0.25, 0.3) is 0 Å². The molecule has 1 aliphatic heterocycles. The summed E-state index contributed by atoms with van der Waals surface area (Å²) in [5, 5.41) is 16.1. The predicted octanol–water partition coefficient (Wildman–Crippen LogP) is 4.79. The first-order valence-electron chi connectivity index (χ1n) is 8.10. The zero-order valence-electron chi connectivity index (χ0n) is 14.4. The molecule has 2 aromatic rings. The third kappa shape index (κ3) is 3.97. The minimum Gasteiger partial charge on any atom is -0.481 e. The van der Waals surface area contributed by atoms with Crippen LogP contribution in [0.5, 0.6) is 0 Å². The van der Waals surface area contributed by atoms with Crippen molar-refractivity contribution >= 4 is 46.6 Å². The zero-order valence-corrected chi connectivity index (χ0v) is 15.9. The summed E-state index contributed by atoms with van der Waals surface area (Å²) < 4.78 is 0. The van der Waals surface area contributed by atoms with E-state index < -0.39 is 11.5 Å². The molecule has 3 rings (SSSR count). The minimum absolute atomic E-state index is 0.0254. The third-order valence-corrected chi connectivity index (χ3v) is 6.05. The molecule has 136 valence electrons. The topological polar surface area (TPSA) is 78.4 Å². The van der Waals surface area contributed by atoms with Gasteiger partial charge in [0.25, 0.3) is 0 Å². The molecule has 3 N–H and O–H groups in total. The van der Waals surface area contributed by atoms with Crippen LogP contribution in [0, 0.1) is 0 Å². The fourth-order valence-electron chi connectivity index (χ4n) is 3.18. The van der Waals surface area contributed by atoms with Crippen LogP contribution >= 0.6 is 23.4 Å². The number of benzene rings is 2. The molecule has 2 unspecified atom stereocenters. The molecule has 2 atom stereocenters. The molecule has 0 saturated carbocycles. The molecular weight excluding hydrogens is 372 g/mol. The summed E-state index contributed by atoms with van der Waals surface area (Å²) >= 11 is 7.55. The van der Waals surface area contributed by atoms with Gasteiger partial charge in [-0.1, -0.05) is 11.6 Å². The lowest BCUT2D eigenvalue weighted by Gasteiger charge is -2.30. The second-order valence-corrected chi connectivity index (χ2v) is 8.16. The molecule has 1 amide bonds. The van der Waals surface area contributed by atoms with E-state index in [1.54, 1.807) is 11.8 Å². The maximum absolute atomic E-state index is 11.4. The number of carbonyl (C=O) groups is 2. The van der Waals surface area contributed by atoms with Gasteiger partial charge in [0.2, 0.25) is 5.91 Å². The lowest BCUT2D eigenvalue weighted by molar-refractivity contribution is -0.138. The Bertz CT molecular complexity index is 856. The molecule has 7 heteroatoms. The minimum atomic E-state index is -0.864. The zero-order chi connectivity index (χ0) is 18.9. The van der Waals surface area contributed by atoms with E-state index in [0.717, 1.165) is 16.1 Å². The summed E-state index contributed by atoms with van der Waals surface area (Å²) in [5.41, 5.74) is 1.89. The highest BCUT2D eigenvalue weighted by atomic mass is 35.5. The van der Waals surface area contributed by atoms with Crippen LogP contribution in [0.1, 0.15) is 31.1 Å². The van der Waals surface area contributed by atoms with Gasteiger partial charge in [0.15, 0.2) is 0 Å². The average Bonchev–Trinajstić information content (AvgIpc) is 2.80. The number of halogens is 1. The van der Waals surface area contributed by atoms with Gasteiger partial charge in [-0.25, -0.2) is 0 Å². The average molecular weight is 391 g/mol. The van der Waals surface area contributed by atoms with E-state index in [2.05, 4.69) is 10.6 Å². The monoisotopic (exact) mass is 390 g/mol. The van der Waals surface area contributed by atoms with Crippen LogP contribution in [0.3, 0.4) is 0 Å². The van der Waals surface area contributed by atoms with Crippen molar-refractivity contribution in [3.8, 4) is 0 Å². The van der Waals surface area contributed by atoms with Gasteiger partial charge in [-0.15, -0.1) is 11.8 Å². The highest BCUT2D eigenvalue weighted by Gasteiger charge is 2.44. The number of aliphatic carboxylic acids is 1. The summed E-state index contributed by atoms with van der Waals surface area (Å²) in [6.07, 6.45) is -0.0254. The van der Waals surface area contributed by atoms with E-state index in [1.165, 1.54) is 6.92 Å². The van der Waals surface area contributed by atoms with Crippen molar-refractivity contribution in [1.82, 2.24) is 0 Å². The van der Waals surface area contributed by atoms with Gasteiger partial charge in [-0.2, -0.15) is 0 Å². The summed E-state index contributed by atoms with van der Waals surface area (Å²) in [7, 11) is 0. The first kappa shape index (κ1) is 18.6. The number of hydrogen-bond acceptors (Lipinski definition) is 4. The Balaban J connectivity index is 1.99. The predicted molar refractivity (Wildman–Crippen MR) is 105 cm³/mol. The van der Waals surface area contributed by atoms with Crippen molar-refractivity contribution in [3.05, 3.63) is 53.1 Å². The second-order valence-electron chi connectivity index (χ2n) is 6.55. The molecule has 0 radical (unpaired) electrons.